The molecule has 0 radical (unpaired) electrons. The van der Waals surface area contributed by atoms with Crippen LogP contribution < -0.4 is 10.6 Å². The third kappa shape index (κ3) is 4.46. The molecule has 21 heavy (non-hydrogen) atoms. The molecule has 1 atom stereocenters. The van der Waals surface area contributed by atoms with Crippen LogP contribution in [0.3, 0.4) is 0 Å². The van der Waals surface area contributed by atoms with Crippen molar-refractivity contribution in [3.63, 3.8) is 0 Å². The molecule has 1 aromatic carbocycles. The van der Waals surface area contributed by atoms with Gasteiger partial charge >= 0.3 is 0 Å². The fraction of sp³-hybridized carbons (Fsp3) is 0.353. The monoisotopic (exact) mass is 285 g/mol. The number of benzene rings is 1. The van der Waals surface area contributed by atoms with E-state index in [9.17, 15) is 4.79 Å². The van der Waals surface area contributed by atoms with Crippen LogP contribution in [-0.2, 0) is 13.5 Å². The molecule has 0 bridgehead atoms. The lowest BCUT2D eigenvalue weighted by Crippen LogP contribution is -2.34. The van der Waals surface area contributed by atoms with Crippen LogP contribution in [0.15, 0.2) is 48.7 Å². The van der Waals surface area contributed by atoms with Crippen molar-refractivity contribution in [2.24, 2.45) is 7.05 Å². The zero-order valence-corrected chi connectivity index (χ0v) is 12.7. The van der Waals surface area contributed by atoms with E-state index in [2.05, 4.69) is 34.9 Å². The molecule has 112 valence electrons. The maximum absolute atomic E-state index is 12.0. The summed E-state index contributed by atoms with van der Waals surface area (Å²) in [5.41, 5.74) is 2.00. The van der Waals surface area contributed by atoms with Crippen LogP contribution in [0.1, 0.15) is 22.5 Å². The molecule has 2 rings (SSSR count). The molecule has 0 fully saturated rings. The van der Waals surface area contributed by atoms with E-state index in [-0.39, 0.29) is 5.91 Å². The molecular weight excluding hydrogens is 262 g/mol. The van der Waals surface area contributed by atoms with E-state index >= 15 is 0 Å². The number of nitrogens with one attached hydrogen (secondary N) is 2. The van der Waals surface area contributed by atoms with Gasteiger partial charge in [-0.05, 0) is 37.6 Å². The number of aromatic nitrogens is 1. The number of likely N-dealkylation sites (N-methyl/N-ethyl adjacent to an activating group) is 1. The van der Waals surface area contributed by atoms with Crippen molar-refractivity contribution in [3.05, 3.63) is 59.9 Å². The topological polar surface area (TPSA) is 46.1 Å². The lowest BCUT2D eigenvalue weighted by atomic mass is 10.0. The fourth-order valence-electron chi connectivity index (χ4n) is 2.39. The van der Waals surface area contributed by atoms with Crippen molar-refractivity contribution in [1.29, 1.82) is 0 Å². The molecule has 0 saturated heterocycles. The first kappa shape index (κ1) is 15.3. The van der Waals surface area contributed by atoms with E-state index in [0.29, 0.717) is 18.3 Å². The summed E-state index contributed by atoms with van der Waals surface area (Å²) >= 11 is 0. The second-order valence-electron chi connectivity index (χ2n) is 5.22. The Morgan fingerprint density at radius 3 is 2.57 bits per heavy atom. The summed E-state index contributed by atoms with van der Waals surface area (Å²) in [4.78, 5) is 12.0. The molecule has 2 N–H and O–H groups in total. The van der Waals surface area contributed by atoms with E-state index in [1.54, 1.807) is 0 Å². The minimum Gasteiger partial charge on any atom is -0.351 e. The minimum atomic E-state index is -0.0166. The summed E-state index contributed by atoms with van der Waals surface area (Å²) in [6.07, 6.45) is 3.75. The molecule has 1 amide bonds. The van der Waals surface area contributed by atoms with Crippen molar-refractivity contribution in [2.45, 2.75) is 18.9 Å². The lowest BCUT2D eigenvalue weighted by Gasteiger charge is -2.16. The van der Waals surface area contributed by atoms with Gasteiger partial charge in [-0.1, -0.05) is 30.3 Å². The number of aryl methyl sites for hydroxylation is 1. The number of nitrogens with zero attached hydrogens (tertiary/aromatic N) is 1. The molecule has 0 saturated carbocycles. The van der Waals surface area contributed by atoms with Crippen LogP contribution in [0.5, 0.6) is 0 Å². The number of hydrogen-bond acceptors (Lipinski definition) is 2. The Kier molecular flexibility index (Phi) is 5.58. The second kappa shape index (κ2) is 7.64. The van der Waals surface area contributed by atoms with Gasteiger partial charge in [0, 0.05) is 25.8 Å². The third-order valence-electron chi connectivity index (χ3n) is 3.69. The molecule has 0 aliphatic rings. The van der Waals surface area contributed by atoms with E-state index in [0.717, 1.165) is 12.8 Å². The van der Waals surface area contributed by atoms with E-state index in [1.165, 1.54) is 5.56 Å². The first-order valence-corrected chi connectivity index (χ1v) is 7.31. The van der Waals surface area contributed by atoms with Crippen molar-refractivity contribution >= 4 is 5.91 Å². The van der Waals surface area contributed by atoms with Gasteiger partial charge in [-0.25, -0.2) is 0 Å². The second-order valence-corrected chi connectivity index (χ2v) is 5.22. The molecule has 4 nitrogen and oxygen atoms in total. The summed E-state index contributed by atoms with van der Waals surface area (Å²) in [6, 6.07) is 14.5. The van der Waals surface area contributed by atoms with Gasteiger partial charge in [0.15, 0.2) is 0 Å². The first-order valence-electron chi connectivity index (χ1n) is 7.31. The normalized spacial score (nSPS) is 12.1. The van der Waals surface area contributed by atoms with Crippen LogP contribution in [-0.4, -0.2) is 30.1 Å². The molecule has 0 spiro atoms. The van der Waals surface area contributed by atoms with Gasteiger partial charge < -0.3 is 15.2 Å². The summed E-state index contributed by atoms with van der Waals surface area (Å²) in [5.74, 6) is -0.0166. The molecule has 2 aromatic rings. The van der Waals surface area contributed by atoms with Crippen LogP contribution in [0.2, 0.25) is 0 Å². The third-order valence-corrected chi connectivity index (χ3v) is 3.69. The Morgan fingerprint density at radius 2 is 1.95 bits per heavy atom. The number of carbonyl (C=O) groups is 1. The molecular formula is C17H23N3O. The summed E-state index contributed by atoms with van der Waals surface area (Å²) in [6.45, 7) is 0.669. The summed E-state index contributed by atoms with van der Waals surface area (Å²) < 4.78 is 1.83. The van der Waals surface area contributed by atoms with Crippen molar-refractivity contribution in [3.8, 4) is 0 Å². The van der Waals surface area contributed by atoms with Gasteiger partial charge in [-0.2, -0.15) is 0 Å². The van der Waals surface area contributed by atoms with Gasteiger partial charge in [-0.3, -0.25) is 4.79 Å². The smallest absolute Gasteiger partial charge is 0.267 e. The van der Waals surface area contributed by atoms with Gasteiger partial charge in [0.25, 0.3) is 5.91 Å². The van der Waals surface area contributed by atoms with Crippen LogP contribution in [0.4, 0.5) is 0 Å². The van der Waals surface area contributed by atoms with Crippen molar-refractivity contribution < 1.29 is 4.79 Å². The summed E-state index contributed by atoms with van der Waals surface area (Å²) in [7, 11) is 3.84. The standard InChI is InChI=1S/C17H23N3O/c1-18-15(13-14-7-4-3-5-8-14)10-11-19-17(21)16-9-6-12-20(16)2/h3-9,12,15,18H,10-11,13H2,1-2H3,(H,19,21)/t15-/m1/s1. The zero-order valence-electron chi connectivity index (χ0n) is 12.7. The zero-order chi connectivity index (χ0) is 15.1. The Morgan fingerprint density at radius 1 is 1.19 bits per heavy atom. The Hall–Kier alpha value is -2.07. The maximum Gasteiger partial charge on any atom is 0.267 e. The van der Waals surface area contributed by atoms with Gasteiger partial charge in [0.1, 0.15) is 5.69 Å². The van der Waals surface area contributed by atoms with E-state index in [4.69, 9.17) is 0 Å². The Balaban J connectivity index is 1.78. The van der Waals surface area contributed by atoms with Crippen molar-refractivity contribution in [1.82, 2.24) is 15.2 Å². The SMILES string of the molecule is CN[C@H](CCNC(=O)c1cccn1C)Cc1ccccc1. The molecule has 4 heteroatoms. The van der Waals surface area contributed by atoms with Gasteiger partial charge in [0.2, 0.25) is 0 Å². The maximum atomic E-state index is 12.0. The molecule has 0 aliphatic heterocycles. The predicted octanol–water partition coefficient (Wildman–Crippen LogP) is 1.98. The Bertz CT molecular complexity index is 562. The average molecular weight is 285 g/mol. The quantitative estimate of drug-likeness (QED) is 0.817. The highest BCUT2D eigenvalue weighted by atomic mass is 16.1. The molecule has 0 aliphatic carbocycles. The van der Waals surface area contributed by atoms with E-state index in [1.807, 2.05) is 43.1 Å². The highest BCUT2D eigenvalue weighted by Gasteiger charge is 2.10. The lowest BCUT2D eigenvalue weighted by molar-refractivity contribution is 0.0944. The van der Waals surface area contributed by atoms with E-state index < -0.39 is 0 Å². The molecule has 0 unspecified atom stereocenters. The summed E-state index contributed by atoms with van der Waals surface area (Å²) in [5, 5.41) is 6.29. The highest BCUT2D eigenvalue weighted by molar-refractivity contribution is 5.92. The minimum absolute atomic E-state index is 0.0166. The van der Waals surface area contributed by atoms with Crippen LogP contribution in [0.25, 0.3) is 0 Å². The average Bonchev–Trinajstić information content (AvgIpc) is 2.93. The predicted molar refractivity (Wildman–Crippen MR) is 85.4 cm³/mol. The molecule has 1 heterocycles. The first-order chi connectivity index (χ1) is 10.2. The van der Waals surface area contributed by atoms with Crippen LogP contribution in [0, 0.1) is 0 Å². The number of hydrogen-bond donors (Lipinski definition) is 2. The Labute approximate surface area is 126 Å². The number of rotatable bonds is 7. The number of carbonyl (C=O) groups excluding carboxylic acids is 1. The van der Waals surface area contributed by atoms with Gasteiger partial charge in [0.05, 0.1) is 0 Å². The fourth-order valence-corrected chi connectivity index (χ4v) is 2.39. The molecule has 1 aromatic heterocycles. The van der Waals surface area contributed by atoms with Crippen LogP contribution >= 0.6 is 0 Å². The van der Waals surface area contributed by atoms with Gasteiger partial charge in [-0.15, -0.1) is 0 Å². The largest absolute Gasteiger partial charge is 0.351 e. The van der Waals surface area contributed by atoms with Crippen molar-refractivity contribution in [2.75, 3.05) is 13.6 Å². The number of amides is 1. The highest BCUT2D eigenvalue weighted by Crippen LogP contribution is 2.05.